The minimum atomic E-state index is -1.98. The van der Waals surface area contributed by atoms with Crippen LogP contribution in [0.2, 0.25) is 18.1 Å². The van der Waals surface area contributed by atoms with Crippen molar-refractivity contribution in [3.05, 3.63) is 48.0 Å². The Bertz CT molecular complexity index is 1110. The number of carboxylic acid groups (broad SMARTS) is 1. The highest BCUT2D eigenvalue weighted by molar-refractivity contribution is 6.74. The summed E-state index contributed by atoms with van der Waals surface area (Å²) in [7, 11) is 1.22. The third kappa shape index (κ3) is 7.20. The minimum Gasteiger partial charge on any atom is -0.496 e. The zero-order valence-corrected chi connectivity index (χ0v) is 25.3. The molecular formula is C30H43NO7Si. The summed E-state index contributed by atoms with van der Waals surface area (Å²) < 4.78 is 23.3. The number of carbonyl (C=O) groups excluding carboxylic acids is 1. The Kier molecular flexibility index (Phi) is 9.85. The zero-order valence-electron chi connectivity index (χ0n) is 24.3. The molecule has 2 aromatic carbocycles. The van der Waals surface area contributed by atoms with Crippen molar-refractivity contribution in [1.29, 1.82) is 0 Å². The predicted octanol–water partition coefficient (Wildman–Crippen LogP) is 5.44. The molecule has 1 aliphatic heterocycles. The normalized spacial score (nSPS) is 18.4. The van der Waals surface area contributed by atoms with Gasteiger partial charge in [-0.25, -0.2) is 4.79 Å². The molecule has 8 nitrogen and oxygen atoms in total. The molecule has 0 saturated carbocycles. The second-order valence-electron chi connectivity index (χ2n) is 11.6. The largest absolute Gasteiger partial charge is 0.496 e. The van der Waals surface area contributed by atoms with Crippen LogP contribution in [-0.4, -0.2) is 64.4 Å². The van der Waals surface area contributed by atoms with Gasteiger partial charge in [0.25, 0.3) is 5.91 Å². The highest BCUT2D eigenvalue weighted by atomic mass is 28.4. The molecule has 214 valence electrons. The van der Waals surface area contributed by atoms with Crippen LogP contribution in [0.5, 0.6) is 11.5 Å². The van der Waals surface area contributed by atoms with Gasteiger partial charge in [0.05, 0.1) is 19.8 Å². The van der Waals surface area contributed by atoms with Gasteiger partial charge in [-0.05, 0) is 54.2 Å². The Morgan fingerprint density at radius 2 is 1.69 bits per heavy atom. The van der Waals surface area contributed by atoms with E-state index in [9.17, 15) is 14.7 Å². The van der Waals surface area contributed by atoms with Gasteiger partial charge in [-0.1, -0.05) is 51.1 Å². The van der Waals surface area contributed by atoms with Gasteiger partial charge in [0.2, 0.25) is 0 Å². The van der Waals surface area contributed by atoms with E-state index in [0.717, 1.165) is 23.1 Å². The van der Waals surface area contributed by atoms with Crippen molar-refractivity contribution >= 4 is 20.2 Å². The molecule has 1 amide bonds. The van der Waals surface area contributed by atoms with Crippen molar-refractivity contribution in [3.63, 3.8) is 0 Å². The number of hydrogen-bond acceptors (Lipinski definition) is 6. The number of rotatable bonds is 12. The van der Waals surface area contributed by atoms with Gasteiger partial charge in [-0.2, -0.15) is 0 Å². The summed E-state index contributed by atoms with van der Waals surface area (Å²) in [6, 6.07) is 12.0. The molecule has 2 atom stereocenters. The topological polar surface area (TPSA) is 103 Å². The van der Waals surface area contributed by atoms with Gasteiger partial charge in [0, 0.05) is 26.1 Å². The molecule has 1 fully saturated rings. The number of ether oxygens (including phenoxy) is 3. The Hall–Kier alpha value is -2.88. The highest BCUT2D eigenvalue weighted by Crippen LogP contribution is 2.39. The summed E-state index contributed by atoms with van der Waals surface area (Å²) in [4.78, 5) is 25.6. The molecule has 3 rings (SSSR count). The van der Waals surface area contributed by atoms with Crippen LogP contribution in [0.15, 0.2) is 42.5 Å². The summed E-state index contributed by atoms with van der Waals surface area (Å²) in [5.74, 6) is -0.125. The van der Waals surface area contributed by atoms with Crippen LogP contribution in [0.3, 0.4) is 0 Å². The SMILES string of the molecule is COc1cccc(OC)c1-c1ccc(C[C@H](NC(=O)C2(CCO[Si](C)(C)C(C)(C)C)CCCO2)C(=O)O)cc1. The summed E-state index contributed by atoms with van der Waals surface area (Å²) in [5.41, 5.74) is 1.41. The quantitative estimate of drug-likeness (QED) is 0.335. The second kappa shape index (κ2) is 12.5. The van der Waals surface area contributed by atoms with Crippen LogP contribution in [0, 0.1) is 0 Å². The van der Waals surface area contributed by atoms with E-state index >= 15 is 0 Å². The molecule has 2 N–H and O–H groups in total. The number of carboxylic acids is 1. The fourth-order valence-electron chi connectivity index (χ4n) is 4.54. The Balaban J connectivity index is 1.72. The van der Waals surface area contributed by atoms with Crippen molar-refractivity contribution in [2.24, 2.45) is 0 Å². The third-order valence-electron chi connectivity index (χ3n) is 8.01. The number of nitrogens with one attached hydrogen (secondary N) is 1. The number of hydrogen-bond donors (Lipinski definition) is 2. The van der Waals surface area contributed by atoms with Gasteiger partial charge in [-0.3, -0.25) is 4.79 Å². The van der Waals surface area contributed by atoms with Crippen LogP contribution in [-0.2, 0) is 25.2 Å². The van der Waals surface area contributed by atoms with Gasteiger partial charge >= 0.3 is 5.97 Å². The molecule has 1 heterocycles. The Labute approximate surface area is 233 Å². The van der Waals surface area contributed by atoms with Gasteiger partial charge in [0.1, 0.15) is 23.1 Å². The van der Waals surface area contributed by atoms with Crippen molar-refractivity contribution < 1.29 is 33.3 Å². The van der Waals surface area contributed by atoms with Crippen molar-refractivity contribution in [2.75, 3.05) is 27.4 Å². The fourth-order valence-corrected chi connectivity index (χ4v) is 5.59. The van der Waals surface area contributed by atoms with Gasteiger partial charge in [0.15, 0.2) is 8.32 Å². The highest BCUT2D eigenvalue weighted by Gasteiger charge is 2.45. The first-order valence-electron chi connectivity index (χ1n) is 13.5. The lowest BCUT2D eigenvalue weighted by molar-refractivity contribution is -0.149. The molecule has 1 unspecified atom stereocenters. The van der Waals surface area contributed by atoms with Gasteiger partial charge in [-0.15, -0.1) is 0 Å². The lowest BCUT2D eigenvalue weighted by Gasteiger charge is -2.37. The van der Waals surface area contributed by atoms with Crippen LogP contribution in [0.1, 0.15) is 45.6 Å². The molecule has 0 radical (unpaired) electrons. The number of aliphatic carboxylic acids is 1. The number of amides is 1. The summed E-state index contributed by atoms with van der Waals surface area (Å²) >= 11 is 0. The third-order valence-corrected chi connectivity index (χ3v) is 12.5. The average Bonchev–Trinajstić information content (AvgIpc) is 3.37. The summed E-state index contributed by atoms with van der Waals surface area (Å²) in [6.07, 6.45) is 1.83. The Morgan fingerprint density at radius 1 is 1.08 bits per heavy atom. The first-order chi connectivity index (χ1) is 18.3. The fraction of sp³-hybridized carbons (Fsp3) is 0.533. The first kappa shape index (κ1) is 30.7. The van der Waals surface area contributed by atoms with Crippen LogP contribution >= 0.6 is 0 Å². The van der Waals surface area contributed by atoms with E-state index < -0.39 is 25.9 Å². The van der Waals surface area contributed by atoms with Crippen LogP contribution < -0.4 is 14.8 Å². The standard InChI is InChI=1S/C30H43NO7Si/c1-29(2,3)39(6,7)38-19-17-30(16-9-18-37-30)28(34)31-23(27(32)33)20-21-12-14-22(15-13-21)26-24(35-4)10-8-11-25(26)36-5/h8,10-15,23H,9,16-20H2,1-7H3,(H,31,34)(H,32,33)/t23-,30?/m0/s1. The second-order valence-corrected chi connectivity index (χ2v) is 16.4. The maximum atomic E-state index is 13.4. The zero-order chi connectivity index (χ0) is 28.8. The molecule has 1 aliphatic rings. The van der Waals surface area contributed by atoms with Crippen molar-refractivity contribution in [2.45, 2.75) is 76.2 Å². The molecular weight excluding hydrogens is 514 g/mol. The maximum absolute atomic E-state index is 13.4. The molecule has 39 heavy (non-hydrogen) atoms. The van der Waals surface area contributed by atoms with E-state index in [4.69, 9.17) is 18.6 Å². The van der Waals surface area contributed by atoms with E-state index in [1.165, 1.54) is 0 Å². The number of benzene rings is 2. The molecule has 1 saturated heterocycles. The summed E-state index contributed by atoms with van der Waals surface area (Å²) in [6.45, 7) is 11.7. The average molecular weight is 558 g/mol. The lowest BCUT2D eigenvalue weighted by Crippen LogP contribution is -2.53. The minimum absolute atomic E-state index is 0.0552. The van der Waals surface area contributed by atoms with E-state index in [2.05, 4.69) is 39.2 Å². The van der Waals surface area contributed by atoms with Crippen LogP contribution in [0.25, 0.3) is 11.1 Å². The number of methoxy groups -OCH3 is 2. The van der Waals surface area contributed by atoms with Crippen molar-refractivity contribution in [3.8, 4) is 22.6 Å². The molecule has 2 aromatic rings. The molecule has 9 heteroatoms. The summed E-state index contributed by atoms with van der Waals surface area (Å²) in [5, 5.41) is 12.8. The molecule has 0 aliphatic carbocycles. The predicted molar refractivity (Wildman–Crippen MR) is 154 cm³/mol. The maximum Gasteiger partial charge on any atom is 0.326 e. The van der Waals surface area contributed by atoms with E-state index in [0.29, 0.717) is 37.6 Å². The van der Waals surface area contributed by atoms with Gasteiger partial charge < -0.3 is 29.1 Å². The molecule has 0 aromatic heterocycles. The monoisotopic (exact) mass is 557 g/mol. The lowest BCUT2D eigenvalue weighted by atomic mass is 9.94. The van der Waals surface area contributed by atoms with Crippen LogP contribution in [0.4, 0.5) is 0 Å². The Morgan fingerprint density at radius 3 is 2.18 bits per heavy atom. The van der Waals surface area contributed by atoms with Crippen molar-refractivity contribution in [1.82, 2.24) is 5.32 Å². The smallest absolute Gasteiger partial charge is 0.326 e. The molecule has 0 spiro atoms. The van der Waals surface area contributed by atoms with E-state index in [-0.39, 0.29) is 17.4 Å². The number of carbonyl (C=O) groups is 2. The van der Waals surface area contributed by atoms with E-state index in [1.54, 1.807) is 14.2 Å². The van der Waals surface area contributed by atoms with E-state index in [1.807, 2.05) is 42.5 Å². The molecule has 0 bridgehead atoms. The first-order valence-corrected chi connectivity index (χ1v) is 16.4.